The van der Waals surface area contributed by atoms with E-state index in [9.17, 15) is 0 Å². The molecule has 5 aromatic rings. The number of pyridine rings is 1. The lowest BCUT2D eigenvalue weighted by atomic mass is 9.74. The van der Waals surface area contributed by atoms with Crippen LogP contribution in [-0.2, 0) is 0 Å². The van der Waals surface area contributed by atoms with E-state index < -0.39 is 0 Å². The van der Waals surface area contributed by atoms with E-state index in [1.807, 2.05) is 10.7 Å². The Morgan fingerprint density at radius 3 is 2.82 bits per heavy atom. The van der Waals surface area contributed by atoms with Crippen molar-refractivity contribution in [2.45, 2.75) is 18.8 Å². The first-order chi connectivity index (χ1) is 16.1. The van der Waals surface area contributed by atoms with Crippen molar-refractivity contribution in [1.82, 2.24) is 29.5 Å². The van der Waals surface area contributed by atoms with Crippen molar-refractivity contribution < 1.29 is 0 Å². The standard InChI is InChI=1S/C25H25N7S/c1-31(2)14-16-10-18(11-16)25-26-13-22-24(27-15-28-32(22)25)29-19-7-5-17-6-8-20(30-21(17)12-19)23-4-3-9-33-23/h3-9,12-13,15-16,18H,10-11,14H2,1-2H3,(H,27,28,29). The third kappa shape index (κ3) is 3.85. The first-order valence-corrected chi connectivity index (χ1v) is 12.1. The highest BCUT2D eigenvalue weighted by Crippen LogP contribution is 2.41. The van der Waals surface area contributed by atoms with Crippen LogP contribution < -0.4 is 5.32 Å². The van der Waals surface area contributed by atoms with E-state index in [0.717, 1.165) is 64.7 Å². The Balaban J connectivity index is 1.27. The minimum atomic E-state index is 0.459. The Labute approximate surface area is 196 Å². The minimum Gasteiger partial charge on any atom is -0.338 e. The average molecular weight is 456 g/mol. The zero-order valence-corrected chi connectivity index (χ0v) is 19.5. The Hall–Kier alpha value is -3.36. The second-order valence-electron chi connectivity index (χ2n) is 9.02. The summed E-state index contributed by atoms with van der Waals surface area (Å²) in [7, 11) is 4.27. The van der Waals surface area contributed by atoms with Gasteiger partial charge in [-0.15, -0.1) is 11.3 Å². The third-order valence-electron chi connectivity index (χ3n) is 6.31. The fourth-order valence-electron chi connectivity index (χ4n) is 4.72. The Bertz CT molecular complexity index is 1420. The van der Waals surface area contributed by atoms with E-state index in [1.54, 1.807) is 17.7 Å². The molecule has 0 unspecified atom stereocenters. The SMILES string of the molecule is CN(C)CC1CC(c2ncc3c(Nc4ccc5ccc(-c6cccs6)nc5c4)ncnn23)C1. The van der Waals surface area contributed by atoms with E-state index in [0.29, 0.717) is 5.92 Å². The molecule has 1 aliphatic rings. The van der Waals surface area contributed by atoms with Gasteiger partial charge in [0.05, 0.1) is 22.3 Å². The molecule has 33 heavy (non-hydrogen) atoms. The Kier molecular flexibility index (Phi) is 5.04. The monoisotopic (exact) mass is 455 g/mol. The number of hydrogen-bond acceptors (Lipinski definition) is 7. The highest BCUT2D eigenvalue weighted by Gasteiger charge is 2.33. The van der Waals surface area contributed by atoms with Crippen LogP contribution in [0.2, 0.25) is 0 Å². The minimum absolute atomic E-state index is 0.459. The number of aromatic nitrogens is 5. The molecule has 166 valence electrons. The lowest BCUT2D eigenvalue weighted by molar-refractivity contribution is 0.193. The lowest BCUT2D eigenvalue weighted by Crippen LogP contribution is -2.32. The van der Waals surface area contributed by atoms with Crippen LogP contribution in [0.1, 0.15) is 24.6 Å². The van der Waals surface area contributed by atoms with Crippen molar-refractivity contribution >= 4 is 39.3 Å². The van der Waals surface area contributed by atoms with Gasteiger partial charge in [-0.2, -0.15) is 5.10 Å². The third-order valence-corrected chi connectivity index (χ3v) is 7.21. The largest absolute Gasteiger partial charge is 0.338 e. The van der Waals surface area contributed by atoms with Crippen molar-refractivity contribution in [2.75, 3.05) is 26.0 Å². The van der Waals surface area contributed by atoms with Gasteiger partial charge in [0.1, 0.15) is 17.7 Å². The van der Waals surface area contributed by atoms with Crippen molar-refractivity contribution in [3.8, 4) is 10.6 Å². The maximum atomic E-state index is 4.87. The summed E-state index contributed by atoms with van der Waals surface area (Å²) in [5.41, 5.74) is 3.78. The number of thiophene rings is 1. The van der Waals surface area contributed by atoms with Gasteiger partial charge in [0, 0.05) is 23.5 Å². The molecule has 0 amide bonds. The Morgan fingerprint density at radius 2 is 2.00 bits per heavy atom. The van der Waals surface area contributed by atoms with Crippen LogP contribution in [0.25, 0.3) is 27.0 Å². The maximum absolute atomic E-state index is 4.87. The average Bonchev–Trinajstić information content (AvgIpc) is 3.46. The van der Waals surface area contributed by atoms with Crippen LogP contribution in [0.3, 0.4) is 0 Å². The van der Waals surface area contributed by atoms with Gasteiger partial charge in [-0.1, -0.05) is 18.2 Å². The number of nitrogens with zero attached hydrogens (tertiary/aromatic N) is 6. The van der Waals surface area contributed by atoms with Gasteiger partial charge in [0.15, 0.2) is 5.82 Å². The topological polar surface area (TPSA) is 71.2 Å². The molecule has 6 rings (SSSR count). The summed E-state index contributed by atoms with van der Waals surface area (Å²) in [5.74, 6) is 2.98. The molecular formula is C25H25N7S. The summed E-state index contributed by atoms with van der Waals surface area (Å²) < 4.78 is 1.94. The van der Waals surface area contributed by atoms with Crippen molar-refractivity contribution in [3.63, 3.8) is 0 Å². The number of nitrogens with one attached hydrogen (secondary N) is 1. The molecule has 0 saturated heterocycles. The molecule has 1 fully saturated rings. The van der Waals surface area contributed by atoms with Gasteiger partial charge < -0.3 is 10.2 Å². The van der Waals surface area contributed by atoms with Crippen LogP contribution in [0.4, 0.5) is 11.5 Å². The van der Waals surface area contributed by atoms with Crippen LogP contribution >= 0.6 is 11.3 Å². The van der Waals surface area contributed by atoms with Gasteiger partial charge in [-0.05, 0) is 62.5 Å². The predicted molar refractivity (Wildman–Crippen MR) is 133 cm³/mol. The quantitative estimate of drug-likeness (QED) is 0.379. The molecule has 4 aromatic heterocycles. The Morgan fingerprint density at radius 1 is 1.12 bits per heavy atom. The van der Waals surface area contributed by atoms with Crippen LogP contribution in [0.15, 0.2) is 60.4 Å². The van der Waals surface area contributed by atoms with Crippen LogP contribution in [0.5, 0.6) is 0 Å². The molecule has 1 N–H and O–H groups in total. The van der Waals surface area contributed by atoms with E-state index in [4.69, 9.17) is 9.97 Å². The molecule has 1 aromatic carbocycles. The van der Waals surface area contributed by atoms with E-state index in [-0.39, 0.29) is 0 Å². The van der Waals surface area contributed by atoms with Crippen molar-refractivity contribution in [2.24, 2.45) is 5.92 Å². The van der Waals surface area contributed by atoms with E-state index >= 15 is 0 Å². The number of rotatable bonds is 6. The molecule has 1 aliphatic carbocycles. The molecule has 4 heterocycles. The normalized spacial score (nSPS) is 18.2. The molecule has 0 bridgehead atoms. The first kappa shape index (κ1) is 20.3. The fraction of sp³-hybridized carbons (Fsp3) is 0.280. The second kappa shape index (κ2) is 8.20. The summed E-state index contributed by atoms with van der Waals surface area (Å²) in [6, 6.07) is 14.6. The molecule has 0 radical (unpaired) electrons. The number of anilines is 2. The summed E-state index contributed by atoms with van der Waals surface area (Å²) in [5, 5.41) is 11.1. The molecule has 7 nitrogen and oxygen atoms in total. The molecule has 0 aliphatic heterocycles. The van der Waals surface area contributed by atoms with Gasteiger partial charge in [0.25, 0.3) is 0 Å². The highest BCUT2D eigenvalue weighted by atomic mass is 32.1. The lowest BCUT2D eigenvalue weighted by Gasteiger charge is -2.35. The first-order valence-electron chi connectivity index (χ1n) is 11.2. The summed E-state index contributed by atoms with van der Waals surface area (Å²) >= 11 is 1.70. The van der Waals surface area contributed by atoms with Crippen molar-refractivity contribution in [1.29, 1.82) is 0 Å². The second-order valence-corrected chi connectivity index (χ2v) is 9.97. The zero-order chi connectivity index (χ0) is 22.4. The highest BCUT2D eigenvalue weighted by molar-refractivity contribution is 7.13. The maximum Gasteiger partial charge on any atom is 0.160 e. The molecule has 0 spiro atoms. The molecule has 8 heteroatoms. The smallest absolute Gasteiger partial charge is 0.160 e. The number of benzene rings is 1. The van der Waals surface area contributed by atoms with Crippen LogP contribution in [0, 0.1) is 5.92 Å². The summed E-state index contributed by atoms with van der Waals surface area (Å²) in [6.07, 6.45) is 5.80. The number of imidazole rings is 1. The van der Waals surface area contributed by atoms with Gasteiger partial charge >= 0.3 is 0 Å². The number of hydrogen-bond donors (Lipinski definition) is 1. The van der Waals surface area contributed by atoms with E-state index in [1.165, 1.54) is 4.88 Å². The predicted octanol–water partition coefficient (Wildman–Crippen LogP) is 5.20. The summed E-state index contributed by atoms with van der Waals surface area (Å²) in [4.78, 5) is 17.5. The van der Waals surface area contributed by atoms with Gasteiger partial charge in [-0.25, -0.2) is 19.5 Å². The molecular weight excluding hydrogens is 430 g/mol. The number of fused-ring (bicyclic) bond motifs is 2. The van der Waals surface area contributed by atoms with Gasteiger partial charge in [0.2, 0.25) is 0 Å². The summed E-state index contributed by atoms with van der Waals surface area (Å²) in [6.45, 7) is 1.13. The fourth-order valence-corrected chi connectivity index (χ4v) is 5.42. The molecule has 0 atom stereocenters. The molecule has 1 saturated carbocycles. The van der Waals surface area contributed by atoms with Crippen molar-refractivity contribution in [3.05, 3.63) is 66.2 Å². The van der Waals surface area contributed by atoms with Crippen LogP contribution in [-0.4, -0.2) is 50.1 Å². The zero-order valence-electron chi connectivity index (χ0n) is 18.6. The van der Waals surface area contributed by atoms with Gasteiger partial charge in [-0.3, -0.25) is 0 Å². The van der Waals surface area contributed by atoms with E-state index in [2.05, 4.69) is 82.2 Å².